The molecule has 3 aromatic carbocycles. The van der Waals surface area contributed by atoms with Crippen molar-refractivity contribution in [1.82, 2.24) is 24.3 Å². The van der Waals surface area contributed by atoms with Crippen molar-refractivity contribution in [1.29, 1.82) is 0 Å². The van der Waals surface area contributed by atoms with Crippen molar-refractivity contribution in [2.45, 2.75) is 70.3 Å². The third kappa shape index (κ3) is 8.03. The summed E-state index contributed by atoms with van der Waals surface area (Å²) in [5.74, 6) is 0.828. The van der Waals surface area contributed by atoms with Crippen LogP contribution >= 0.6 is 0 Å². The van der Waals surface area contributed by atoms with Crippen molar-refractivity contribution >= 4 is 39.2 Å². The van der Waals surface area contributed by atoms with Crippen molar-refractivity contribution in [2.75, 3.05) is 19.8 Å². The topological polar surface area (TPSA) is 134 Å². The number of nitrogens with zero attached hydrogens (tertiary/aromatic N) is 6. The lowest BCUT2D eigenvalue weighted by molar-refractivity contribution is -0.132. The van der Waals surface area contributed by atoms with Crippen LogP contribution in [0.15, 0.2) is 115 Å². The Balaban J connectivity index is 0.731. The number of unbranched alkanes of at least 4 members (excludes halogenated alkanes) is 2. The Bertz CT molecular complexity index is 2660. The zero-order valence-corrected chi connectivity index (χ0v) is 32.9. The summed E-state index contributed by atoms with van der Waals surface area (Å²) in [6.45, 7) is 2.06. The van der Waals surface area contributed by atoms with Crippen molar-refractivity contribution in [3.63, 3.8) is 0 Å². The van der Waals surface area contributed by atoms with E-state index in [1.54, 1.807) is 18.6 Å². The number of carbonyl (C=O) groups is 2. The van der Waals surface area contributed by atoms with Crippen LogP contribution in [0, 0.1) is 0 Å². The summed E-state index contributed by atoms with van der Waals surface area (Å²) < 4.78 is 16.0. The molecule has 2 aliphatic carbocycles. The maximum absolute atomic E-state index is 12.9. The lowest BCUT2D eigenvalue weighted by Gasteiger charge is -2.23. The third-order valence-electron chi connectivity index (χ3n) is 11.6. The van der Waals surface area contributed by atoms with Gasteiger partial charge in [0.15, 0.2) is 5.78 Å². The van der Waals surface area contributed by atoms with Crippen LogP contribution in [-0.4, -0.2) is 66.6 Å². The maximum Gasteiger partial charge on any atom is 0.163 e. The number of carbonyl (C=O) groups excluding carboxylic acids is 2. The Morgan fingerprint density at radius 3 is 2.47 bits per heavy atom. The van der Waals surface area contributed by atoms with Crippen LogP contribution in [0.3, 0.4) is 0 Å². The fraction of sp³-hybridized carbons (Fsp3) is 0.292. The summed E-state index contributed by atoms with van der Waals surface area (Å²) in [6.07, 6.45) is 14.7. The van der Waals surface area contributed by atoms with Crippen LogP contribution < -0.4 is 4.74 Å². The second kappa shape index (κ2) is 17.2. The van der Waals surface area contributed by atoms with Gasteiger partial charge in [-0.2, -0.15) is 5.10 Å². The number of aromatic nitrogens is 5. The highest BCUT2D eigenvalue weighted by Crippen LogP contribution is 2.37. The zero-order valence-electron chi connectivity index (χ0n) is 32.9. The molecule has 0 radical (unpaired) electrons. The lowest BCUT2D eigenvalue weighted by Crippen LogP contribution is -2.27. The molecule has 4 heterocycles. The fourth-order valence-electron chi connectivity index (χ4n) is 8.56. The molecule has 9 rings (SSSR count). The van der Waals surface area contributed by atoms with Gasteiger partial charge in [-0.15, -0.1) is 0 Å². The summed E-state index contributed by atoms with van der Waals surface area (Å²) in [6, 6.07) is 28.4. The van der Waals surface area contributed by atoms with Gasteiger partial charge < -0.3 is 19.2 Å². The number of oxime groups is 1. The molecule has 1 N–H and O–H groups in total. The molecule has 11 nitrogen and oxygen atoms in total. The number of pyridine rings is 2. The van der Waals surface area contributed by atoms with Crippen molar-refractivity contribution in [3.8, 4) is 33.8 Å². The second-order valence-corrected chi connectivity index (χ2v) is 15.4. The molecule has 1 fully saturated rings. The minimum Gasteiger partial charge on any atom is -0.494 e. The summed E-state index contributed by atoms with van der Waals surface area (Å²) >= 11 is 0. The van der Waals surface area contributed by atoms with Gasteiger partial charge in [-0.25, -0.2) is 9.67 Å². The number of ketones is 2. The van der Waals surface area contributed by atoms with Crippen LogP contribution in [0.2, 0.25) is 0 Å². The highest BCUT2D eigenvalue weighted by molar-refractivity contribution is 6.10. The van der Waals surface area contributed by atoms with Crippen LogP contribution in [0.1, 0.15) is 74.1 Å². The minimum absolute atomic E-state index is 0.00826. The molecular formula is C48H46N6O5. The Labute approximate surface area is 342 Å². The van der Waals surface area contributed by atoms with Gasteiger partial charge in [0.05, 0.1) is 36.0 Å². The average molecular weight is 787 g/mol. The molecule has 0 spiro atoms. The van der Waals surface area contributed by atoms with Crippen LogP contribution in [-0.2, 0) is 27.2 Å². The molecular weight excluding hydrogens is 741 g/mol. The van der Waals surface area contributed by atoms with Gasteiger partial charge in [-0.3, -0.25) is 14.6 Å². The van der Waals surface area contributed by atoms with E-state index < -0.39 is 0 Å². The lowest BCUT2D eigenvalue weighted by atomic mass is 9.92. The highest BCUT2D eigenvalue weighted by Gasteiger charge is 2.31. The predicted octanol–water partition coefficient (Wildman–Crippen LogP) is 9.29. The fourth-order valence-corrected chi connectivity index (χ4v) is 8.56. The van der Waals surface area contributed by atoms with E-state index in [2.05, 4.69) is 57.7 Å². The van der Waals surface area contributed by atoms with E-state index in [1.165, 1.54) is 11.1 Å². The Kier molecular flexibility index (Phi) is 11.1. The summed E-state index contributed by atoms with van der Waals surface area (Å²) in [5.41, 5.74) is 10.8. The first-order chi connectivity index (χ1) is 29.0. The van der Waals surface area contributed by atoms with E-state index in [9.17, 15) is 14.8 Å². The largest absolute Gasteiger partial charge is 0.494 e. The van der Waals surface area contributed by atoms with Gasteiger partial charge in [-0.1, -0.05) is 29.4 Å². The molecule has 2 aliphatic rings. The first-order valence-electron chi connectivity index (χ1n) is 20.6. The number of rotatable bonds is 15. The first-order valence-corrected chi connectivity index (χ1v) is 20.6. The van der Waals surface area contributed by atoms with E-state index in [1.807, 2.05) is 57.8 Å². The van der Waals surface area contributed by atoms with E-state index in [4.69, 9.17) is 14.6 Å². The molecule has 298 valence electrons. The Hall–Kier alpha value is -6.46. The molecule has 11 heteroatoms. The minimum atomic E-state index is -0.349. The van der Waals surface area contributed by atoms with E-state index >= 15 is 0 Å². The number of fused-ring (bicyclic) bond motifs is 4. The SMILES string of the molecule is O=C1CCC(n2c3ccc(CCCOCCCCCOc4ccc(-n5cc(-c6ccc7c(c6)CC/C7=N\O)c(-c6ccncc6)n5)cc4)cc3c3cccnc32)C(=O)C1. The molecule has 1 saturated carbocycles. The van der Waals surface area contributed by atoms with E-state index in [0.717, 1.165) is 119 Å². The maximum atomic E-state index is 12.9. The number of hydrogen-bond acceptors (Lipinski definition) is 9. The quantitative estimate of drug-likeness (QED) is 0.0471. The molecule has 1 unspecified atom stereocenters. The van der Waals surface area contributed by atoms with Crippen molar-refractivity contribution in [2.24, 2.45) is 5.16 Å². The van der Waals surface area contributed by atoms with Crippen LogP contribution in [0.4, 0.5) is 0 Å². The Morgan fingerprint density at radius 1 is 0.780 bits per heavy atom. The number of ether oxygens (including phenoxy) is 2. The molecule has 0 saturated heterocycles. The molecule has 7 aromatic rings. The predicted molar refractivity (Wildman–Crippen MR) is 228 cm³/mol. The summed E-state index contributed by atoms with van der Waals surface area (Å²) in [4.78, 5) is 33.6. The van der Waals surface area contributed by atoms with Gasteiger partial charge in [0.1, 0.15) is 22.9 Å². The second-order valence-electron chi connectivity index (χ2n) is 15.4. The molecule has 0 amide bonds. The van der Waals surface area contributed by atoms with Gasteiger partial charge >= 0.3 is 0 Å². The van der Waals surface area contributed by atoms with E-state index in [0.29, 0.717) is 26.1 Å². The molecule has 0 bridgehead atoms. The molecule has 0 aliphatic heterocycles. The zero-order chi connectivity index (χ0) is 40.1. The number of hydrogen-bond donors (Lipinski definition) is 1. The number of benzene rings is 3. The third-order valence-corrected chi connectivity index (χ3v) is 11.6. The monoisotopic (exact) mass is 786 g/mol. The molecule has 4 aromatic heterocycles. The molecule has 1 atom stereocenters. The van der Waals surface area contributed by atoms with Crippen LogP contribution in [0.25, 0.3) is 50.0 Å². The van der Waals surface area contributed by atoms with Gasteiger partial charge in [0.25, 0.3) is 0 Å². The standard InChI is InChI=1S/C48H46N6O5/c55-37-13-19-45(46(56)30-37)54-44-18-8-32(28-41(44)40-7-4-22-50-48(40)54)6-5-26-58-25-2-1-3-27-59-38-14-11-36(12-15-38)53-31-42(47(51-53)33-20-23-49-24-21-33)35-9-16-39-34(29-35)10-17-43(39)52-57/h4,7-9,11-12,14-16,18,20-24,28-29,31,45,57H,1-3,5-6,10,13,17,19,25-27,30H2/b52-43+. The van der Waals surface area contributed by atoms with Crippen molar-refractivity contribution in [3.05, 3.63) is 126 Å². The number of Topliss-reactive ketones (excluding diaryl/α,β-unsaturated/α-hetero) is 2. The first kappa shape index (κ1) is 38.1. The summed E-state index contributed by atoms with van der Waals surface area (Å²) in [5, 5.41) is 20.0. The normalized spacial score (nSPS) is 16.1. The smallest absolute Gasteiger partial charge is 0.163 e. The van der Waals surface area contributed by atoms with Gasteiger partial charge in [0.2, 0.25) is 0 Å². The highest BCUT2D eigenvalue weighted by atomic mass is 16.5. The average Bonchev–Trinajstić information content (AvgIpc) is 3.99. The summed E-state index contributed by atoms with van der Waals surface area (Å²) in [7, 11) is 0. The van der Waals surface area contributed by atoms with E-state index in [-0.39, 0.29) is 24.0 Å². The van der Waals surface area contributed by atoms with Crippen LogP contribution in [0.5, 0.6) is 5.75 Å². The number of aryl methyl sites for hydroxylation is 2. The van der Waals surface area contributed by atoms with Gasteiger partial charge in [-0.05, 0) is 129 Å². The van der Waals surface area contributed by atoms with Crippen molar-refractivity contribution < 1.29 is 24.3 Å². The Morgan fingerprint density at radius 2 is 1.63 bits per heavy atom. The molecule has 59 heavy (non-hydrogen) atoms. The van der Waals surface area contributed by atoms with Gasteiger partial charge in [0, 0.05) is 71.9 Å².